The van der Waals surface area contributed by atoms with Crippen LogP contribution in [0.15, 0.2) is 67.3 Å². The van der Waals surface area contributed by atoms with Gasteiger partial charge in [0.1, 0.15) is 5.75 Å². The van der Waals surface area contributed by atoms with Gasteiger partial charge in [0.25, 0.3) is 0 Å². The van der Waals surface area contributed by atoms with E-state index in [2.05, 4.69) is 49.0 Å². The highest BCUT2D eigenvalue weighted by Crippen LogP contribution is 2.25. The molecule has 0 aliphatic rings. The van der Waals surface area contributed by atoms with Gasteiger partial charge in [-0.3, -0.25) is 0 Å². The number of ether oxygens (including phenoxy) is 1. The summed E-state index contributed by atoms with van der Waals surface area (Å²) >= 11 is 0. The minimum absolute atomic E-state index is 0.874. The number of hydrogen-bond donors (Lipinski definition) is 0. The summed E-state index contributed by atoms with van der Waals surface area (Å²) in [6, 6.07) is 16.8. The first kappa shape index (κ1) is 15.1. The minimum atomic E-state index is 0.874. The van der Waals surface area contributed by atoms with Crippen LogP contribution >= 0.6 is 0 Å². The zero-order valence-corrected chi connectivity index (χ0v) is 12.8. The van der Waals surface area contributed by atoms with Crippen LogP contribution in [-0.4, -0.2) is 7.11 Å². The molecule has 1 nitrogen and oxygen atoms in total. The quantitative estimate of drug-likeness (QED) is 0.670. The average molecular weight is 278 g/mol. The highest BCUT2D eigenvalue weighted by Gasteiger charge is 2.07. The maximum absolute atomic E-state index is 5.34. The van der Waals surface area contributed by atoms with E-state index < -0.39 is 0 Å². The first-order valence-corrected chi connectivity index (χ1v) is 7.27. The Balaban J connectivity index is 2.23. The summed E-state index contributed by atoms with van der Waals surface area (Å²) in [7, 11) is 1.70. The normalized spacial score (nSPS) is 10.8. The summed E-state index contributed by atoms with van der Waals surface area (Å²) in [6.45, 7) is 6.17. The molecule has 0 radical (unpaired) electrons. The van der Waals surface area contributed by atoms with Gasteiger partial charge in [-0.1, -0.05) is 55.1 Å². The van der Waals surface area contributed by atoms with Gasteiger partial charge in [0.2, 0.25) is 0 Å². The van der Waals surface area contributed by atoms with Gasteiger partial charge in [-0.05, 0) is 54.2 Å². The zero-order valence-electron chi connectivity index (χ0n) is 12.8. The lowest BCUT2D eigenvalue weighted by Gasteiger charge is -2.12. The van der Waals surface area contributed by atoms with Crippen molar-refractivity contribution in [2.24, 2.45) is 0 Å². The second-order valence-corrected chi connectivity index (χ2v) is 5.03. The Morgan fingerprint density at radius 2 is 1.86 bits per heavy atom. The van der Waals surface area contributed by atoms with E-state index in [0.717, 1.165) is 24.2 Å². The van der Waals surface area contributed by atoms with Crippen molar-refractivity contribution in [2.75, 3.05) is 7.11 Å². The van der Waals surface area contributed by atoms with Crippen LogP contribution in [0.3, 0.4) is 0 Å². The largest absolute Gasteiger partial charge is 0.497 e. The predicted octanol–water partition coefficient (Wildman–Crippen LogP) is 5.07. The molecule has 1 heteroatoms. The van der Waals surface area contributed by atoms with E-state index in [1.807, 2.05) is 25.1 Å². The Kier molecular flexibility index (Phi) is 5.39. The maximum Gasteiger partial charge on any atom is 0.119 e. The molecule has 0 bridgehead atoms. The van der Waals surface area contributed by atoms with Gasteiger partial charge in [0.15, 0.2) is 0 Å². The van der Waals surface area contributed by atoms with Crippen LogP contribution in [0, 0.1) is 0 Å². The van der Waals surface area contributed by atoms with Crippen molar-refractivity contribution in [3.8, 4) is 5.75 Å². The molecule has 21 heavy (non-hydrogen) atoms. The molecule has 0 spiro atoms. The van der Waals surface area contributed by atoms with E-state index >= 15 is 0 Å². The molecule has 0 aliphatic heterocycles. The summed E-state index contributed by atoms with van der Waals surface area (Å²) in [5, 5.41) is 0. The molecule has 0 heterocycles. The van der Waals surface area contributed by atoms with Crippen molar-refractivity contribution in [1.82, 2.24) is 0 Å². The van der Waals surface area contributed by atoms with Gasteiger partial charge in [0, 0.05) is 0 Å². The van der Waals surface area contributed by atoms with E-state index in [4.69, 9.17) is 4.74 Å². The Hall–Kier alpha value is -2.28. The molecule has 0 amide bonds. The smallest absolute Gasteiger partial charge is 0.119 e. The molecule has 108 valence electrons. The standard InChI is InChI=1S/C20H22O/c1-4-8-16(2)20-15-19(21-3)14-13-18(20)12-11-17-9-6-5-7-10-17/h4-10,13-15H,2,11-12H2,1,3H3/b8-4-. The fourth-order valence-electron chi connectivity index (χ4n) is 2.41. The van der Waals surface area contributed by atoms with Crippen molar-refractivity contribution in [1.29, 1.82) is 0 Å². The average Bonchev–Trinajstić information content (AvgIpc) is 2.54. The summed E-state index contributed by atoms with van der Waals surface area (Å²) in [5.41, 5.74) is 4.86. The van der Waals surface area contributed by atoms with Crippen LogP contribution < -0.4 is 4.74 Å². The van der Waals surface area contributed by atoms with Crippen LogP contribution in [-0.2, 0) is 12.8 Å². The van der Waals surface area contributed by atoms with Gasteiger partial charge in [0.05, 0.1) is 7.11 Å². The topological polar surface area (TPSA) is 9.23 Å². The van der Waals surface area contributed by atoms with Gasteiger partial charge in [-0.2, -0.15) is 0 Å². The monoisotopic (exact) mass is 278 g/mol. The molecule has 0 unspecified atom stereocenters. The third kappa shape index (κ3) is 4.09. The molecule has 0 N–H and O–H groups in total. The second kappa shape index (κ2) is 7.49. The predicted molar refractivity (Wildman–Crippen MR) is 90.7 cm³/mol. The molecular formula is C20H22O. The fourth-order valence-corrected chi connectivity index (χ4v) is 2.41. The SMILES string of the molecule is C=C(/C=C\C)c1cc(OC)ccc1CCc1ccccc1. The number of rotatable bonds is 6. The van der Waals surface area contributed by atoms with Crippen LogP contribution in [0.5, 0.6) is 5.75 Å². The molecule has 2 rings (SSSR count). The Bertz CT molecular complexity index is 624. The van der Waals surface area contributed by atoms with E-state index in [9.17, 15) is 0 Å². The molecule has 0 atom stereocenters. The van der Waals surface area contributed by atoms with Crippen LogP contribution in [0.2, 0.25) is 0 Å². The number of aryl methyl sites for hydroxylation is 2. The number of benzene rings is 2. The lowest BCUT2D eigenvalue weighted by Crippen LogP contribution is -1.97. The summed E-state index contributed by atoms with van der Waals surface area (Å²) in [5.74, 6) is 0.874. The molecule has 0 saturated heterocycles. The summed E-state index contributed by atoms with van der Waals surface area (Å²) in [4.78, 5) is 0. The lowest BCUT2D eigenvalue weighted by molar-refractivity contribution is 0.414. The number of allylic oxidation sites excluding steroid dienone is 3. The second-order valence-electron chi connectivity index (χ2n) is 5.03. The fraction of sp³-hybridized carbons (Fsp3) is 0.200. The minimum Gasteiger partial charge on any atom is -0.497 e. The van der Waals surface area contributed by atoms with Crippen molar-refractivity contribution in [3.05, 3.63) is 84.0 Å². The van der Waals surface area contributed by atoms with Crippen LogP contribution in [0.25, 0.3) is 5.57 Å². The highest BCUT2D eigenvalue weighted by molar-refractivity contribution is 5.75. The number of methoxy groups -OCH3 is 1. The lowest BCUT2D eigenvalue weighted by atomic mass is 9.95. The van der Waals surface area contributed by atoms with Crippen molar-refractivity contribution in [3.63, 3.8) is 0 Å². The Labute approximate surface area is 127 Å². The first-order chi connectivity index (χ1) is 10.2. The molecule has 2 aromatic rings. The Morgan fingerprint density at radius 1 is 1.10 bits per heavy atom. The van der Waals surface area contributed by atoms with E-state index in [1.165, 1.54) is 16.7 Å². The van der Waals surface area contributed by atoms with Gasteiger partial charge >= 0.3 is 0 Å². The van der Waals surface area contributed by atoms with Gasteiger partial charge in [-0.15, -0.1) is 0 Å². The van der Waals surface area contributed by atoms with E-state index in [0.29, 0.717) is 0 Å². The molecule has 2 aromatic carbocycles. The van der Waals surface area contributed by atoms with Gasteiger partial charge in [-0.25, -0.2) is 0 Å². The first-order valence-electron chi connectivity index (χ1n) is 7.27. The number of hydrogen-bond acceptors (Lipinski definition) is 1. The maximum atomic E-state index is 5.34. The molecule has 0 fully saturated rings. The summed E-state index contributed by atoms with van der Waals surface area (Å²) in [6.07, 6.45) is 6.09. The molecular weight excluding hydrogens is 256 g/mol. The van der Waals surface area contributed by atoms with Crippen molar-refractivity contribution < 1.29 is 4.74 Å². The Morgan fingerprint density at radius 3 is 2.52 bits per heavy atom. The summed E-state index contributed by atoms with van der Waals surface area (Å²) < 4.78 is 5.34. The molecule has 0 aliphatic carbocycles. The highest BCUT2D eigenvalue weighted by atomic mass is 16.5. The van der Waals surface area contributed by atoms with Crippen LogP contribution in [0.4, 0.5) is 0 Å². The van der Waals surface area contributed by atoms with Crippen LogP contribution in [0.1, 0.15) is 23.6 Å². The van der Waals surface area contributed by atoms with Crippen molar-refractivity contribution in [2.45, 2.75) is 19.8 Å². The molecule has 0 saturated carbocycles. The molecule has 0 aromatic heterocycles. The zero-order chi connectivity index (χ0) is 15.1. The van der Waals surface area contributed by atoms with E-state index in [-0.39, 0.29) is 0 Å². The van der Waals surface area contributed by atoms with Gasteiger partial charge < -0.3 is 4.74 Å². The third-order valence-electron chi connectivity index (χ3n) is 3.56. The van der Waals surface area contributed by atoms with Crippen molar-refractivity contribution >= 4 is 5.57 Å². The third-order valence-corrected chi connectivity index (χ3v) is 3.56. The van der Waals surface area contributed by atoms with E-state index in [1.54, 1.807) is 7.11 Å².